The molecule has 0 radical (unpaired) electrons. The number of aliphatic hydroxyl groups excluding tert-OH is 1. The van der Waals surface area contributed by atoms with Crippen molar-refractivity contribution in [3.05, 3.63) is 29.8 Å². The number of β-amino-alcohol motifs (C(OH)–C–C–N with tert-alkyl or cyclic N) is 1. The van der Waals surface area contributed by atoms with Gasteiger partial charge in [-0.15, -0.1) is 0 Å². The van der Waals surface area contributed by atoms with E-state index in [1.54, 1.807) is 6.20 Å². The molecule has 2 aromatic heterocycles. The molecule has 2 N–H and O–H groups in total. The molecule has 3 rings (SSSR count). The van der Waals surface area contributed by atoms with Crippen LogP contribution >= 0.6 is 0 Å². The fourth-order valence-electron chi connectivity index (χ4n) is 2.04. The van der Waals surface area contributed by atoms with E-state index < -0.39 is 0 Å². The summed E-state index contributed by atoms with van der Waals surface area (Å²) < 4.78 is 5.22. The normalized spacial score (nSPS) is 23.4. The van der Waals surface area contributed by atoms with Crippen molar-refractivity contribution < 1.29 is 9.63 Å². The number of pyridine rings is 1. The van der Waals surface area contributed by atoms with Gasteiger partial charge in [-0.3, -0.25) is 4.98 Å². The summed E-state index contributed by atoms with van der Waals surface area (Å²) in [6.45, 7) is 2.55. The van der Waals surface area contributed by atoms with Crippen LogP contribution < -0.4 is 5.32 Å². The quantitative estimate of drug-likeness (QED) is 0.816. The average molecular weight is 246 g/mol. The summed E-state index contributed by atoms with van der Waals surface area (Å²) in [5.41, 5.74) is 1.80. The molecule has 6 heteroatoms. The lowest BCUT2D eigenvalue weighted by molar-refractivity contribution is 0.191. The zero-order chi connectivity index (χ0) is 12.5. The van der Waals surface area contributed by atoms with Gasteiger partial charge < -0.3 is 14.9 Å². The minimum Gasteiger partial charge on any atom is -0.392 e. The largest absolute Gasteiger partial charge is 0.392 e. The lowest BCUT2D eigenvalue weighted by Gasteiger charge is -2.01. The van der Waals surface area contributed by atoms with E-state index in [-0.39, 0.29) is 12.1 Å². The minimum absolute atomic E-state index is 0.0638. The lowest BCUT2D eigenvalue weighted by atomic mass is 10.2. The predicted molar refractivity (Wildman–Crippen MR) is 63.6 cm³/mol. The van der Waals surface area contributed by atoms with E-state index in [1.807, 2.05) is 19.1 Å². The molecule has 1 fully saturated rings. The van der Waals surface area contributed by atoms with Gasteiger partial charge in [0.25, 0.3) is 0 Å². The van der Waals surface area contributed by atoms with Gasteiger partial charge in [-0.05, 0) is 31.0 Å². The van der Waals surface area contributed by atoms with Crippen molar-refractivity contribution in [3.8, 4) is 11.5 Å². The first kappa shape index (κ1) is 11.3. The second-order valence-corrected chi connectivity index (χ2v) is 4.53. The van der Waals surface area contributed by atoms with Gasteiger partial charge in [-0.2, -0.15) is 4.98 Å². The van der Waals surface area contributed by atoms with Gasteiger partial charge in [-0.1, -0.05) is 5.16 Å². The van der Waals surface area contributed by atoms with Crippen LogP contribution in [0.25, 0.3) is 11.5 Å². The Morgan fingerprint density at radius 2 is 2.39 bits per heavy atom. The van der Waals surface area contributed by atoms with Gasteiger partial charge >= 0.3 is 0 Å². The van der Waals surface area contributed by atoms with E-state index >= 15 is 0 Å². The molecule has 6 nitrogen and oxygen atoms in total. The predicted octanol–water partition coefficient (Wildman–Crippen LogP) is 0.835. The standard InChI is InChI=1S/C12H14N4O2/c1-7-2-3-13-9(4-7)11-15-12(18-16-11)10-5-8(17)6-14-10/h2-4,8,10,14,17H,5-6H2,1H3/t8-,10-/m1/s1. The highest BCUT2D eigenvalue weighted by Crippen LogP contribution is 2.24. The molecule has 0 unspecified atom stereocenters. The highest BCUT2D eigenvalue weighted by atomic mass is 16.5. The van der Waals surface area contributed by atoms with Crippen molar-refractivity contribution >= 4 is 0 Å². The molecule has 0 spiro atoms. The van der Waals surface area contributed by atoms with E-state index in [0.29, 0.717) is 30.4 Å². The van der Waals surface area contributed by atoms with Crippen LogP contribution in [0.1, 0.15) is 23.9 Å². The summed E-state index contributed by atoms with van der Waals surface area (Å²) in [7, 11) is 0. The smallest absolute Gasteiger partial charge is 0.244 e. The number of hydrogen-bond acceptors (Lipinski definition) is 6. The van der Waals surface area contributed by atoms with Gasteiger partial charge in [0.1, 0.15) is 5.69 Å². The molecule has 0 aromatic carbocycles. The molecule has 94 valence electrons. The van der Waals surface area contributed by atoms with Crippen molar-refractivity contribution in [3.63, 3.8) is 0 Å². The van der Waals surface area contributed by atoms with E-state index in [1.165, 1.54) is 0 Å². The first-order chi connectivity index (χ1) is 8.72. The van der Waals surface area contributed by atoms with Crippen LogP contribution in [-0.2, 0) is 0 Å². The van der Waals surface area contributed by atoms with Gasteiger partial charge in [-0.25, -0.2) is 0 Å². The molecule has 1 aliphatic heterocycles. The zero-order valence-corrected chi connectivity index (χ0v) is 10.00. The van der Waals surface area contributed by atoms with Crippen molar-refractivity contribution in [2.75, 3.05) is 6.54 Å². The fourth-order valence-corrected chi connectivity index (χ4v) is 2.04. The van der Waals surface area contributed by atoms with Crippen molar-refractivity contribution in [1.82, 2.24) is 20.4 Å². The van der Waals surface area contributed by atoms with Crippen molar-refractivity contribution in [2.45, 2.75) is 25.5 Å². The Bertz CT molecular complexity index is 555. The summed E-state index contributed by atoms with van der Waals surface area (Å²) >= 11 is 0. The van der Waals surface area contributed by atoms with Crippen LogP contribution in [0.4, 0.5) is 0 Å². The number of nitrogens with zero attached hydrogens (tertiary/aromatic N) is 3. The third-order valence-electron chi connectivity index (χ3n) is 2.99. The first-order valence-electron chi connectivity index (χ1n) is 5.90. The summed E-state index contributed by atoms with van der Waals surface area (Å²) in [4.78, 5) is 8.53. The Hall–Kier alpha value is -1.79. The molecule has 3 heterocycles. The lowest BCUT2D eigenvalue weighted by Crippen LogP contribution is -2.15. The van der Waals surface area contributed by atoms with E-state index in [0.717, 1.165) is 5.56 Å². The Balaban J connectivity index is 1.85. The second kappa shape index (κ2) is 4.47. The average Bonchev–Trinajstić information content (AvgIpc) is 2.97. The number of hydrogen-bond donors (Lipinski definition) is 2. The highest BCUT2D eigenvalue weighted by Gasteiger charge is 2.28. The number of rotatable bonds is 2. The van der Waals surface area contributed by atoms with Crippen LogP contribution in [0, 0.1) is 6.92 Å². The SMILES string of the molecule is Cc1ccnc(-c2noc([C@H]3C[C@@H](O)CN3)n2)c1. The summed E-state index contributed by atoms with van der Waals surface area (Å²) in [6.07, 6.45) is 1.98. The molecule has 0 bridgehead atoms. The third kappa shape index (κ3) is 2.12. The van der Waals surface area contributed by atoms with E-state index in [4.69, 9.17) is 4.52 Å². The first-order valence-corrected chi connectivity index (χ1v) is 5.90. The van der Waals surface area contributed by atoms with E-state index in [9.17, 15) is 5.11 Å². The maximum atomic E-state index is 9.46. The molecule has 2 aromatic rings. The number of aromatic nitrogens is 3. The maximum Gasteiger partial charge on any atom is 0.244 e. The molecular weight excluding hydrogens is 232 g/mol. The third-order valence-corrected chi connectivity index (χ3v) is 2.99. The monoisotopic (exact) mass is 246 g/mol. The van der Waals surface area contributed by atoms with Gasteiger partial charge in [0.15, 0.2) is 0 Å². The molecule has 0 saturated carbocycles. The summed E-state index contributed by atoms with van der Waals surface area (Å²) in [6, 6.07) is 3.76. The zero-order valence-electron chi connectivity index (χ0n) is 10.00. The fraction of sp³-hybridized carbons (Fsp3) is 0.417. The minimum atomic E-state index is -0.345. The Morgan fingerprint density at radius 1 is 1.50 bits per heavy atom. The Kier molecular flexibility index (Phi) is 2.81. The summed E-state index contributed by atoms with van der Waals surface area (Å²) in [5.74, 6) is 0.988. The number of nitrogens with one attached hydrogen (secondary N) is 1. The van der Waals surface area contributed by atoms with Crippen LogP contribution in [0.15, 0.2) is 22.9 Å². The molecule has 0 aliphatic carbocycles. The molecular formula is C12H14N4O2. The molecule has 1 saturated heterocycles. The van der Waals surface area contributed by atoms with E-state index in [2.05, 4.69) is 20.4 Å². The molecule has 2 atom stereocenters. The van der Waals surface area contributed by atoms with Crippen LogP contribution in [0.3, 0.4) is 0 Å². The molecule has 1 aliphatic rings. The highest BCUT2D eigenvalue weighted by molar-refractivity contribution is 5.49. The van der Waals surface area contributed by atoms with Gasteiger partial charge in [0, 0.05) is 12.7 Å². The van der Waals surface area contributed by atoms with Crippen LogP contribution in [0.5, 0.6) is 0 Å². The summed E-state index contributed by atoms with van der Waals surface area (Å²) in [5, 5.41) is 16.5. The Labute approximate surface area is 104 Å². The molecule has 0 amide bonds. The Morgan fingerprint density at radius 3 is 3.11 bits per heavy atom. The van der Waals surface area contributed by atoms with Crippen LogP contribution in [-0.4, -0.2) is 32.9 Å². The van der Waals surface area contributed by atoms with Crippen LogP contribution in [0.2, 0.25) is 0 Å². The van der Waals surface area contributed by atoms with Gasteiger partial charge in [0.2, 0.25) is 11.7 Å². The molecule has 18 heavy (non-hydrogen) atoms. The number of aliphatic hydroxyl groups is 1. The van der Waals surface area contributed by atoms with Crippen molar-refractivity contribution in [1.29, 1.82) is 0 Å². The second-order valence-electron chi connectivity index (χ2n) is 4.53. The van der Waals surface area contributed by atoms with Gasteiger partial charge in [0.05, 0.1) is 12.1 Å². The maximum absolute atomic E-state index is 9.46. The van der Waals surface area contributed by atoms with Crippen molar-refractivity contribution in [2.24, 2.45) is 0 Å². The number of aryl methyl sites for hydroxylation is 1. The topological polar surface area (TPSA) is 84.1 Å².